The van der Waals surface area contributed by atoms with Gasteiger partial charge in [-0.2, -0.15) is 0 Å². The number of imidazole rings is 1. The van der Waals surface area contributed by atoms with Crippen molar-refractivity contribution in [2.45, 2.75) is 17.2 Å². The lowest BCUT2D eigenvalue weighted by molar-refractivity contribution is 0.568. The SMILES string of the molecule is Cc1ccc(S(=O)(=O)C(c2[nH]c3ccccc3c2-c2ccccc2)n2cnc3c(N)ncnc32)cc1. The van der Waals surface area contributed by atoms with Crippen LogP contribution in [0.25, 0.3) is 33.2 Å². The minimum atomic E-state index is -3.99. The minimum absolute atomic E-state index is 0.185. The summed E-state index contributed by atoms with van der Waals surface area (Å²) in [5.41, 5.74) is 10.7. The number of anilines is 1. The number of nitrogens with zero attached hydrogens (tertiary/aromatic N) is 4. The van der Waals surface area contributed by atoms with Crippen LogP contribution in [0.3, 0.4) is 0 Å². The molecule has 3 heterocycles. The van der Waals surface area contributed by atoms with E-state index in [1.165, 1.54) is 12.7 Å². The highest BCUT2D eigenvalue weighted by molar-refractivity contribution is 7.91. The Bertz CT molecular complexity index is 1820. The highest BCUT2D eigenvalue weighted by atomic mass is 32.2. The molecule has 178 valence electrons. The lowest BCUT2D eigenvalue weighted by atomic mass is 10.0. The molecule has 6 aromatic rings. The van der Waals surface area contributed by atoms with Gasteiger partial charge < -0.3 is 10.7 Å². The highest BCUT2D eigenvalue weighted by Gasteiger charge is 2.36. The number of nitrogen functional groups attached to an aromatic ring is 1. The molecule has 0 spiro atoms. The Morgan fingerprint density at radius 2 is 1.61 bits per heavy atom. The molecule has 0 fully saturated rings. The van der Waals surface area contributed by atoms with Crippen LogP contribution in [0.2, 0.25) is 0 Å². The maximum atomic E-state index is 14.4. The third kappa shape index (κ3) is 3.44. The Hall–Kier alpha value is -4.50. The van der Waals surface area contributed by atoms with Gasteiger partial charge in [-0.05, 0) is 30.7 Å². The zero-order chi connectivity index (χ0) is 24.9. The van der Waals surface area contributed by atoms with Crippen molar-refractivity contribution in [1.29, 1.82) is 0 Å². The Morgan fingerprint density at radius 3 is 2.39 bits per heavy atom. The number of aryl methyl sites for hydroxylation is 1. The van der Waals surface area contributed by atoms with Crippen molar-refractivity contribution in [3.63, 3.8) is 0 Å². The van der Waals surface area contributed by atoms with Gasteiger partial charge in [0.15, 0.2) is 16.8 Å². The van der Waals surface area contributed by atoms with Gasteiger partial charge in [-0.3, -0.25) is 4.57 Å². The van der Waals surface area contributed by atoms with E-state index < -0.39 is 15.2 Å². The van der Waals surface area contributed by atoms with E-state index in [9.17, 15) is 8.42 Å². The lowest BCUT2D eigenvalue weighted by Crippen LogP contribution is -2.22. The van der Waals surface area contributed by atoms with Crippen LogP contribution in [-0.2, 0) is 9.84 Å². The highest BCUT2D eigenvalue weighted by Crippen LogP contribution is 2.41. The van der Waals surface area contributed by atoms with Crippen molar-refractivity contribution in [3.05, 3.63) is 103 Å². The number of para-hydroxylation sites is 1. The number of aromatic nitrogens is 5. The van der Waals surface area contributed by atoms with Crippen molar-refractivity contribution < 1.29 is 8.42 Å². The van der Waals surface area contributed by atoms with Crippen LogP contribution in [0, 0.1) is 6.92 Å². The summed E-state index contributed by atoms with van der Waals surface area (Å²) >= 11 is 0. The first-order valence-electron chi connectivity index (χ1n) is 11.3. The molecule has 0 aliphatic heterocycles. The van der Waals surface area contributed by atoms with Gasteiger partial charge in [0.2, 0.25) is 9.84 Å². The summed E-state index contributed by atoms with van der Waals surface area (Å²) in [5, 5.41) is -0.275. The number of fused-ring (bicyclic) bond motifs is 2. The molecule has 0 saturated heterocycles. The van der Waals surface area contributed by atoms with Gasteiger partial charge in [0.1, 0.15) is 11.8 Å². The number of aromatic amines is 1. The van der Waals surface area contributed by atoms with Gasteiger partial charge in [-0.1, -0.05) is 66.2 Å². The van der Waals surface area contributed by atoms with Crippen LogP contribution in [0.15, 0.2) is 96.4 Å². The molecular formula is C27H22N6O2S. The molecule has 9 heteroatoms. The second-order valence-electron chi connectivity index (χ2n) is 8.62. The number of rotatable bonds is 5. The molecule has 0 amide bonds. The fraction of sp³-hybridized carbons (Fsp3) is 0.0741. The van der Waals surface area contributed by atoms with Crippen LogP contribution >= 0.6 is 0 Å². The second-order valence-corrected chi connectivity index (χ2v) is 10.6. The number of nitrogens with two attached hydrogens (primary N) is 1. The fourth-order valence-corrected chi connectivity index (χ4v) is 6.32. The summed E-state index contributed by atoms with van der Waals surface area (Å²) in [6.45, 7) is 1.92. The summed E-state index contributed by atoms with van der Waals surface area (Å²) in [6, 6.07) is 24.4. The molecule has 1 unspecified atom stereocenters. The smallest absolute Gasteiger partial charge is 0.205 e. The van der Waals surface area contributed by atoms with Crippen molar-refractivity contribution in [3.8, 4) is 11.1 Å². The second kappa shape index (κ2) is 8.31. The number of hydrogen-bond donors (Lipinski definition) is 2. The quantitative estimate of drug-likeness (QED) is 0.352. The number of hydrogen-bond acceptors (Lipinski definition) is 6. The van der Waals surface area contributed by atoms with Gasteiger partial charge in [0.05, 0.1) is 16.9 Å². The number of sulfone groups is 1. The van der Waals surface area contributed by atoms with Crippen molar-refractivity contribution in [2.75, 3.05) is 5.73 Å². The van der Waals surface area contributed by atoms with Crippen LogP contribution in [0.1, 0.15) is 16.6 Å². The Kier molecular flexibility index (Phi) is 5.08. The maximum absolute atomic E-state index is 14.4. The molecule has 6 rings (SSSR count). The summed E-state index contributed by atoms with van der Waals surface area (Å²) in [4.78, 5) is 16.4. The third-order valence-electron chi connectivity index (χ3n) is 6.33. The average molecular weight is 495 g/mol. The maximum Gasteiger partial charge on any atom is 0.205 e. The summed E-state index contributed by atoms with van der Waals surface area (Å²) < 4.78 is 30.3. The Balaban J connectivity index is 1.72. The average Bonchev–Trinajstić information content (AvgIpc) is 3.48. The van der Waals surface area contributed by atoms with Crippen molar-refractivity contribution in [1.82, 2.24) is 24.5 Å². The first-order chi connectivity index (χ1) is 17.4. The summed E-state index contributed by atoms with van der Waals surface area (Å²) in [6.07, 6.45) is 2.78. The molecule has 0 aliphatic rings. The summed E-state index contributed by atoms with van der Waals surface area (Å²) in [7, 11) is -3.99. The van der Waals surface area contributed by atoms with Crippen LogP contribution in [0.5, 0.6) is 0 Å². The van der Waals surface area contributed by atoms with E-state index in [1.807, 2.05) is 61.5 Å². The third-order valence-corrected chi connectivity index (χ3v) is 8.31. The predicted molar refractivity (Wildman–Crippen MR) is 140 cm³/mol. The number of nitrogens with one attached hydrogen (secondary N) is 1. The van der Waals surface area contributed by atoms with E-state index in [0.717, 1.165) is 27.6 Å². The molecular weight excluding hydrogens is 472 g/mol. The Morgan fingerprint density at radius 1 is 0.889 bits per heavy atom. The zero-order valence-electron chi connectivity index (χ0n) is 19.3. The molecule has 1 atom stereocenters. The van der Waals surface area contributed by atoms with E-state index in [1.54, 1.807) is 28.8 Å². The molecule has 0 aliphatic carbocycles. The van der Waals surface area contributed by atoms with E-state index in [4.69, 9.17) is 5.73 Å². The molecule has 8 nitrogen and oxygen atoms in total. The molecule has 0 bridgehead atoms. The van der Waals surface area contributed by atoms with E-state index in [0.29, 0.717) is 16.9 Å². The van der Waals surface area contributed by atoms with Gasteiger partial charge in [-0.25, -0.2) is 23.4 Å². The summed E-state index contributed by atoms with van der Waals surface area (Å²) in [5.74, 6) is 0.185. The predicted octanol–water partition coefficient (Wildman–Crippen LogP) is 4.89. The van der Waals surface area contributed by atoms with E-state index in [2.05, 4.69) is 19.9 Å². The van der Waals surface area contributed by atoms with Gasteiger partial charge in [0.25, 0.3) is 0 Å². The van der Waals surface area contributed by atoms with Gasteiger partial charge in [0, 0.05) is 16.5 Å². The molecule has 36 heavy (non-hydrogen) atoms. The topological polar surface area (TPSA) is 120 Å². The molecule has 3 N–H and O–H groups in total. The first kappa shape index (κ1) is 22.0. The van der Waals surface area contributed by atoms with Crippen LogP contribution in [-0.4, -0.2) is 32.9 Å². The van der Waals surface area contributed by atoms with E-state index >= 15 is 0 Å². The Labute approximate surface area is 207 Å². The van der Waals surface area contributed by atoms with Gasteiger partial charge >= 0.3 is 0 Å². The molecule has 3 aromatic heterocycles. The molecule has 3 aromatic carbocycles. The van der Waals surface area contributed by atoms with Crippen molar-refractivity contribution >= 4 is 37.7 Å². The lowest BCUT2D eigenvalue weighted by Gasteiger charge is -2.21. The van der Waals surface area contributed by atoms with E-state index in [-0.39, 0.29) is 10.7 Å². The number of H-pyrrole nitrogens is 1. The largest absolute Gasteiger partial charge is 0.382 e. The minimum Gasteiger partial charge on any atom is -0.382 e. The van der Waals surface area contributed by atoms with Crippen LogP contribution in [0.4, 0.5) is 5.82 Å². The van der Waals surface area contributed by atoms with Crippen LogP contribution < -0.4 is 5.73 Å². The monoisotopic (exact) mass is 494 g/mol. The molecule has 0 saturated carbocycles. The van der Waals surface area contributed by atoms with Gasteiger partial charge in [-0.15, -0.1) is 0 Å². The van der Waals surface area contributed by atoms with Crippen molar-refractivity contribution in [2.24, 2.45) is 0 Å². The molecule has 0 radical (unpaired) electrons. The normalized spacial score (nSPS) is 12.8. The first-order valence-corrected chi connectivity index (χ1v) is 12.9. The zero-order valence-corrected chi connectivity index (χ0v) is 20.1. The standard InChI is InChI=1S/C27H22N6O2S/c1-17-11-13-19(14-12-17)36(34,35)27(33-16-31-24-25(28)29-15-30-26(24)33)23-22(18-7-3-2-4-8-18)20-9-5-6-10-21(20)32-23/h2-16,27,32H,1H3,(H2,28,29,30). The fourth-order valence-electron chi connectivity index (χ4n) is 4.61. The number of benzene rings is 3.